The van der Waals surface area contributed by atoms with Crippen molar-refractivity contribution in [3.8, 4) is 0 Å². The minimum absolute atomic E-state index is 0.0837. The number of hydrogen-bond donors (Lipinski definition) is 0. The van der Waals surface area contributed by atoms with Gasteiger partial charge >= 0.3 is 5.97 Å². The Kier molecular flexibility index (Phi) is 3.65. The number of rotatable bonds is 4. The highest BCUT2D eigenvalue weighted by molar-refractivity contribution is 6.10. The van der Waals surface area contributed by atoms with Gasteiger partial charge in [0.2, 0.25) is 0 Å². The average molecular weight is 256 g/mol. The first kappa shape index (κ1) is 13.3. The van der Waals surface area contributed by atoms with E-state index in [1.54, 1.807) is 37.3 Å². The first-order valence-electron chi connectivity index (χ1n) is 6.27. The summed E-state index contributed by atoms with van der Waals surface area (Å²) in [7, 11) is 0. The minimum Gasteiger partial charge on any atom is -0.465 e. The Morgan fingerprint density at radius 3 is 2.84 bits per heavy atom. The van der Waals surface area contributed by atoms with Crippen LogP contribution in [0.1, 0.15) is 29.3 Å². The number of hydrogen-bond acceptors (Lipinski definition) is 3. The topological polar surface area (TPSA) is 43.4 Å². The molecule has 0 saturated heterocycles. The van der Waals surface area contributed by atoms with Crippen LogP contribution in [-0.4, -0.2) is 18.4 Å². The van der Waals surface area contributed by atoms with Gasteiger partial charge in [-0.15, -0.1) is 6.58 Å². The van der Waals surface area contributed by atoms with Crippen molar-refractivity contribution in [2.24, 2.45) is 0 Å². The van der Waals surface area contributed by atoms with Crippen molar-refractivity contribution in [2.75, 3.05) is 6.61 Å². The van der Waals surface area contributed by atoms with Crippen LogP contribution in [0.2, 0.25) is 0 Å². The summed E-state index contributed by atoms with van der Waals surface area (Å²) in [5.41, 5.74) is 0.322. The van der Waals surface area contributed by atoms with E-state index in [-0.39, 0.29) is 11.8 Å². The monoisotopic (exact) mass is 256 g/mol. The lowest BCUT2D eigenvalue weighted by molar-refractivity contribution is -0.148. The van der Waals surface area contributed by atoms with Crippen molar-refractivity contribution in [3.63, 3.8) is 0 Å². The molecular formula is C16H16O3. The highest BCUT2D eigenvalue weighted by atomic mass is 16.5. The Bertz CT molecular complexity index is 557. The van der Waals surface area contributed by atoms with Crippen LogP contribution in [0.25, 0.3) is 0 Å². The summed E-state index contributed by atoms with van der Waals surface area (Å²) in [5.74, 6) is -0.425. The van der Waals surface area contributed by atoms with Gasteiger partial charge in [0.15, 0.2) is 5.78 Å². The zero-order chi connectivity index (χ0) is 13.9. The molecule has 0 N–H and O–H groups in total. The molecule has 1 aliphatic carbocycles. The molecule has 98 valence electrons. The van der Waals surface area contributed by atoms with Crippen LogP contribution in [-0.2, 0) is 14.9 Å². The maximum atomic E-state index is 12.3. The lowest BCUT2D eigenvalue weighted by Gasteiger charge is -2.31. The average Bonchev–Trinajstić information content (AvgIpc) is 2.43. The summed E-state index contributed by atoms with van der Waals surface area (Å²) in [5, 5.41) is 0. The van der Waals surface area contributed by atoms with E-state index in [9.17, 15) is 9.59 Å². The van der Waals surface area contributed by atoms with Crippen LogP contribution >= 0.6 is 0 Å². The van der Waals surface area contributed by atoms with Crippen molar-refractivity contribution in [1.29, 1.82) is 0 Å². The largest absolute Gasteiger partial charge is 0.465 e. The standard InChI is InChI=1S/C16H16O3/c1-3-10-16(15(18)19-4-2)11-9-14(17)12-7-5-6-8-13(12)16/h3,5-9,11H,1,4,10H2,2H3. The Labute approximate surface area is 112 Å². The summed E-state index contributed by atoms with van der Waals surface area (Å²) in [4.78, 5) is 24.2. The molecule has 1 atom stereocenters. The van der Waals surface area contributed by atoms with Crippen molar-refractivity contribution in [2.45, 2.75) is 18.8 Å². The fourth-order valence-corrected chi connectivity index (χ4v) is 2.41. The summed E-state index contributed by atoms with van der Waals surface area (Å²) in [6.45, 7) is 5.78. The first-order chi connectivity index (χ1) is 9.15. The summed E-state index contributed by atoms with van der Waals surface area (Å²) in [6, 6.07) is 7.15. The van der Waals surface area contributed by atoms with Gasteiger partial charge in [0.25, 0.3) is 0 Å². The number of esters is 1. The van der Waals surface area contributed by atoms with Gasteiger partial charge in [-0.1, -0.05) is 36.4 Å². The lowest BCUT2D eigenvalue weighted by atomic mass is 9.71. The number of ether oxygens (including phenoxy) is 1. The molecule has 0 aliphatic heterocycles. The molecule has 0 heterocycles. The van der Waals surface area contributed by atoms with E-state index in [1.807, 2.05) is 6.07 Å². The maximum Gasteiger partial charge on any atom is 0.320 e. The molecule has 0 aromatic heterocycles. The molecule has 1 aliphatic rings. The van der Waals surface area contributed by atoms with E-state index in [2.05, 4.69) is 6.58 Å². The molecule has 3 heteroatoms. The Hall–Kier alpha value is -2.16. The molecule has 19 heavy (non-hydrogen) atoms. The van der Waals surface area contributed by atoms with Crippen LogP contribution in [0.15, 0.2) is 49.1 Å². The SMILES string of the molecule is C=CCC1(C(=O)OCC)C=CC(=O)c2ccccc21. The number of allylic oxidation sites excluding steroid dienone is 2. The zero-order valence-electron chi connectivity index (χ0n) is 10.9. The van der Waals surface area contributed by atoms with E-state index < -0.39 is 5.41 Å². The second-order valence-electron chi connectivity index (χ2n) is 4.43. The van der Waals surface area contributed by atoms with Gasteiger partial charge in [0.05, 0.1) is 6.61 Å². The molecule has 0 fully saturated rings. The number of benzene rings is 1. The van der Waals surface area contributed by atoms with E-state index in [0.717, 1.165) is 0 Å². The van der Waals surface area contributed by atoms with Crippen LogP contribution in [0.5, 0.6) is 0 Å². The number of carbonyl (C=O) groups is 2. The lowest BCUT2D eigenvalue weighted by Crippen LogP contribution is -2.38. The maximum absolute atomic E-state index is 12.3. The third-order valence-electron chi connectivity index (χ3n) is 3.30. The quantitative estimate of drug-likeness (QED) is 0.614. The molecule has 0 spiro atoms. The molecule has 0 radical (unpaired) electrons. The van der Waals surface area contributed by atoms with Crippen LogP contribution in [0, 0.1) is 0 Å². The van der Waals surface area contributed by atoms with Crippen LogP contribution < -0.4 is 0 Å². The van der Waals surface area contributed by atoms with Crippen molar-refractivity contribution < 1.29 is 14.3 Å². The van der Waals surface area contributed by atoms with E-state index >= 15 is 0 Å². The Balaban J connectivity index is 2.61. The van der Waals surface area contributed by atoms with Gasteiger partial charge in [-0.05, 0) is 25.0 Å². The first-order valence-corrected chi connectivity index (χ1v) is 6.27. The van der Waals surface area contributed by atoms with Gasteiger partial charge in [-0.3, -0.25) is 9.59 Å². The molecule has 3 nitrogen and oxygen atoms in total. The Morgan fingerprint density at radius 2 is 2.16 bits per heavy atom. The predicted octanol–water partition coefficient (Wildman–Crippen LogP) is 2.82. The zero-order valence-corrected chi connectivity index (χ0v) is 10.9. The number of fused-ring (bicyclic) bond motifs is 1. The third-order valence-corrected chi connectivity index (χ3v) is 3.30. The molecule has 0 saturated carbocycles. The molecule has 1 unspecified atom stereocenters. The van der Waals surface area contributed by atoms with Gasteiger partial charge in [-0.2, -0.15) is 0 Å². The minimum atomic E-state index is -0.928. The fraction of sp³-hybridized carbons (Fsp3) is 0.250. The normalized spacial score (nSPS) is 20.8. The summed E-state index contributed by atoms with van der Waals surface area (Å²) in [6.07, 6.45) is 5.17. The van der Waals surface area contributed by atoms with Gasteiger partial charge < -0.3 is 4.74 Å². The molecule has 2 rings (SSSR count). The number of carbonyl (C=O) groups excluding carboxylic acids is 2. The van der Waals surface area contributed by atoms with Crippen LogP contribution in [0.3, 0.4) is 0 Å². The van der Waals surface area contributed by atoms with E-state index in [0.29, 0.717) is 24.2 Å². The molecule has 1 aromatic rings. The third kappa shape index (κ3) is 2.12. The highest BCUT2D eigenvalue weighted by Gasteiger charge is 2.42. The van der Waals surface area contributed by atoms with Gasteiger partial charge in [0, 0.05) is 5.56 Å². The van der Waals surface area contributed by atoms with E-state index in [1.165, 1.54) is 6.08 Å². The predicted molar refractivity (Wildman–Crippen MR) is 73.0 cm³/mol. The van der Waals surface area contributed by atoms with Gasteiger partial charge in [-0.25, -0.2) is 0 Å². The molecule has 0 bridgehead atoms. The fourth-order valence-electron chi connectivity index (χ4n) is 2.41. The van der Waals surface area contributed by atoms with Gasteiger partial charge in [0.1, 0.15) is 5.41 Å². The number of ketones is 1. The van der Waals surface area contributed by atoms with Crippen molar-refractivity contribution in [3.05, 3.63) is 60.2 Å². The molecular weight excluding hydrogens is 240 g/mol. The van der Waals surface area contributed by atoms with Crippen LogP contribution in [0.4, 0.5) is 0 Å². The van der Waals surface area contributed by atoms with Crippen molar-refractivity contribution in [1.82, 2.24) is 0 Å². The summed E-state index contributed by atoms with van der Waals surface area (Å²) < 4.78 is 5.18. The smallest absolute Gasteiger partial charge is 0.320 e. The Morgan fingerprint density at radius 1 is 1.42 bits per heavy atom. The van der Waals surface area contributed by atoms with Crippen molar-refractivity contribution >= 4 is 11.8 Å². The molecule has 0 amide bonds. The second-order valence-corrected chi connectivity index (χ2v) is 4.43. The molecule has 1 aromatic carbocycles. The second kappa shape index (κ2) is 5.22. The van der Waals surface area contributed by atoms with E-state index in [4.69, 9.17) is 4.74 Å². The highest BCUT2D eigenvalue weighted by Crippen LogP contribution is 2.37. The summed E-state index contributed by atoms with van der Waals surface area (Å²) >= 11 is 0.